The first kappa shape index (κ1) is 15.3. The second-order valence-corrected chi connectivity index (χ2v) is 6.80. The van der Waals surface area contributed by atoms with Gasteiger partial charge < -0.3 is 15.4 Å². The van der Waals surface area contributed by atoms with Crippen molar-refractivity contribution in [1.29, 1.82) is 0 Å². The van der Waals surface area contributed by atoms with Gasteiger partial charge in [-0.1, -0.05) is 6.92 Å². The van der Waals surface area contributed by atoms with Crippen molar-refractivity contribution in [3.8, 4) is 5.75 Å². The summed E-state index contributed by atoms with van der Waals surface area (Å²) < 4.78 is 5.72. The molecule has 0 radical (unpaired) electrons. The van der Waals surface area contributed by atoms with Gasteiger partial charge in [0.2, 0.25) is 0 Å². The lowest BCUT2D eigenvalue weighted by Gasteiger charge is -2.38. The van der Waals surface area contributed by atoms with Crippen molar-refractivity contribution in [2.45, 2.75) is 38.6 Å². The van der Waals surface area contributed by atoms with E-state index in [9.17, 15) is 4.79 Å². The molecule has 22 heavy (non-hydrogen) atoms. The van der Waals surface area contributed by atoms with E-state index in [1.165, 1.54) is 12.8 Å². The number of hydrogen-bond donors (Lipinski definition) is 1. The Morgan fingerprint density at radius 1 is 1.27 bits per heavy atom. The van der Waals surface area contributed by atoms with Crippen LogP contribution in [0.15, 0.2) is 24.3 Å². The second-order valence-electron chi connectivity index (χ2n) is 6.80. The van der Waals surface area contributed by atoms with Crippen LogP contribution in [-0.2, 0) is 0 Å². The number of carbonyl (C=O) groups excluding carboxylic acids is 1. The Morgan fingerprint density at radius 2 is 2.00 bits per heavy atom. The Kier molecular flexibility index (Phi) is 4.67. The van der Waals surface area contributed by atoms with Crippen molar-refractivity contribution in [1.82, 2.24) is 4.90 Å². The van der Waals surface area contributed by atoms with Crippen molar-refractivity contribution >= 4 is 5.91 Å². The zero-order valence-corrected chi connectivity index (χ0v) is 13.3. The number of likely N-dealkylation sites (tertiary alicyclic amines) is 1. The third kappa shape index (κ3) is 3.61. The highest BCUT2D eigenvalue weighted by atomic mass is 16.5. The molecule has 4 heteroatoms. The van der Waals surface area contributed by atoms with Gasteiger partial charge in [-0.05, 0) is 61.8 Å². The number of nitrogens with two attached hydrogens (primary N) is 1. The van der Waals surface area contributed by atoms with Crippen LogP contribution in [0.5, 0.6) is 5.75 Å². The molecule has 1 aliphatic carbocycles. The number of benzene rings is 1. The first-order valence-corrected chi connectivity index (χ1v) is 8.41. The van der Waals surface area contributed by atoms with E-state index in [0.29, 0.717) is 12.5 Å². The van der Waals surface area contributed by atoms with Gasteiger partial charge in [-0.2, -0.15) is 0 Å². The van der Waals surface area contributed by atoms with Crippen LogP contribution in [0.25, 0.3) is 0 Å². The predicted octanol–water partition coefficient (Wildman–Crippen LogP) is 2.67. The van der Waals surface area contributed by atoms with Gasteiger partial charge in [-0.15, -0.1) is 0 Å². The fraction of sp³-hybridized carbons (Fsp3) is 0.611. The van der Waals surface area contributed by atoms with E-state index in [4.69, 9.17) is 10.5 Å². The highest BCUT2D eigenvalue weighted by Crippen LogP contribution is 2.29. The summed E-state index contributed by atoms with van der Waals surface area (Å²) in [5.41, 5.74) is 6.58. The Morgan fingerprint density at radius 3 is 2.64 bits per heavy atom. The number of piperidine rings is 1. The topological polar surface area (TPSA) is 55.6 Å². The molecular weight excluding hydrogens is 276 g/mol. The molecule has 0 bridgehead atoms. The summed E-state index contributed by atoms with van der Waals surface area (Å²) in [7, 11) is 0. The van der Waals surface area contributed by atoms with E-state index in [1.54, 1.807) is 0 Å². The molecule has 0 spiro atoms. The molecule has 2 N–H and O–H groups in total. The van der Waals surface area contributed by atoms with Crippen LogP contribution >= 0.6 is 0 Å². The average molecular weight is 302 g/mol. The van der Waals surface area contributed by atoms with Gasteiger partial charge in [0.25, 0.3) is 5.91 Å². The minimum absolute atomic E-state index is 0.0936. The molecule has 3 rings (SSSR count). The van der Waals surface area contributed by atoms with Gasteiger partial charge in [-0.25, -0.2) is 0 Å². The molecule has 1 aliphatic heterocycles. The first-order chi connectivity index (χ1) is 10.7. The molecule has 1 saturated carbocycles. The first-order valence-electron chi connectivity index (χ1n) is 8.41. The summed E-state index contributed by atoms with van der Waals surface area (Å²) in [5, 5.41) is 0. The molecule has 2 aliphatic rings. The molecule has 1 aromatic rings. The minimum Gasteiger partial charge on any atom is -0.493 e. The summed E-state index contributed by atoms with van der Waals surface area (Å²) in [4.78, 5) is 14.6. The quantitative estimate of drug-likeness (QED) is 0.910. The van der Waals surface area contributed by atoms with Crippen LogP contribution in [0.3, 0.4) is 0 Å². The maximum atomic E-state index is 12.7. The molecule has 1 aromatic carbocycles. The Labute approximate surface area is 132 Å². The monoisotopic (exact) mass is 302 g/mol. The standard InChI is InChI=1S/C18H26N2O2/c1-13-8-9-20(16(10-13)11-19)18(21)15-4-6-17(7-5-15)22-12-14-2-3-14/h4-7,13-14,16H,2-3,8-12,19H2,1H3. The van der Waals surface area contributed by atoms with E-state index < -0.39 is 0 Å². The summed E-state index contributed by atoms with van der Waals surface area (Å²) in [5.74, 6) is 2.33. The summed E-state index contributed by atoms with van der Waals surface area (Å²) in [6.45, 7) is 4.38. The maximum Gasteiger partial charge on any atom is 0.254 e. The molecule has 0 aromatic heterocycles. The molecular formula is C18H26N2O2. The largest absolute Gasteiger partial charge is 0.493 e. The smallest absolute Gasteiger partial charge is 0.254 e. The van der Waals surface area contributed by atoms with Crippen molar-refractivity contribution in [3.63, 3.8) is 0 Å². The lowest BCUT2D eigenvalue weighted by molar-refractivity contribution is 0.0573. The van der Waals surface area contributed by atoms with E-state index in [-0.39, 0.29) is 11.9 Å². The number of nitrogens with zero attached hydrogens (tertiary/aromatic N) is 1. The SMILES string of the molecule is CC1CCN(C(=O)c2ccc(OCC3CC3)cc2)C(CN)C1. The zero-order chi connectivity index (χ0) is 15.5. The van der Waals surface area contributed by atoms with Gasteiger partial charge >= 0.3 is 0 Å². The van der Waals surface area contributed by atoms with Crippen molar-refractivity contribution in [3.05, 3.63) is 29.8 Å². The van der Waals surface area contributed by atoms with E-state index in [0.717, 1.165) is 43.2 Å². The number of carbonyl (C=O) groups is 1. The van der Waals surface area contributed by atoms with Crippen molar-refractivity contribution in [2.75, 3.05) is 19.7 Å². The van der Waals surface area contributed by atoms with Crippen LogP contribution in [-0.4, -0.2) is 36.5 Å². The highest BCUT2D eigenvalue weighted by Gasteiger charge is 2.29. The maximum absolute atomic E-state index is 12.7. The predicted molar refractivity (Wildman–Crippen MR) is 86.9 cm³/mol. The molecule has 1 amide bonds. The molecule has 2 fully saturated rings. The van der Waals surface area contributed by atoms with Gasteiger partial charge in [0.05, 0.1) is 6.61 Å². The minimum atomic E-state index is 0.0936. The summed E-state index contributed by atoms with van der Waals surface area (Å²) in [6.07, 6.45) is 4.63. The van der Waals surface area contributed by atoms with E-state index in [2.05, 4.69) is 6.92 Å². The van der Waals surface area contributed by atoms with E-state index >= 15 is 0 Å². The summed E-state index contributed by atoms with van der Waals surface area (Å²) in [6, 6.07) is 7.72. The lowest BCUT2D eigenvalue weighted by Crippen LogP contribution is -2.49. The van der Waals surface area contributed by atoms with Crippen LogP contribution in [0.4, 0.5) is 0 Å². The van der Waals surface area contributed by atoms with E-state index in [1.807, 2.05) is 29.2 Å². The van der Waals surface area contributed by atoms with Gasteiger partial charge in [0.15, 0.2) is 0 Å². The van der Waals surface area contributed by atoms with Crippen LogP contribution in [0.1, 0.15) is 43.0 Å². The molecule has 2 unspecified atom stereocenters. The van der Waals surface area contributed by atoms with Crippen molar-refractivity contribution in [2.24, 2.45) is 17.6 Å². The number of amides is 1. The molecule has 2 atom stereocenters. The fourth-order valence-electron chi connectivity index (χ4n) is 3.10. The van der Waals surface area contributed by atoms with Gasteiger partial charge in [-0.3, -0.25) is 4.79 Å². The molecule has 4 nitrogen and oxygen atoms in total. The third-order valence-electron chi connectivity index (χ3n) is 4.79. The second kappa shape index (κ2) is 6.69. The molecule has 1 heterocycles. The van der Waals surface area contributed by atoms with Crippen LogP contribution in [0.2, 0.25) is 0 Å². The zero-order valence-electron chi connectivity index (χ0n) is 13.3. The molecule has 120 valence electrons. The van der Waals surface area contributed by atoms with Gasteiger partial charge in [0, 0.05) is 24.7 Å². The van der Waals surface area contributed by atoms with Crippen molar-refractivity contribution < 1.29 is 9.53 Å². The normalized spacial score (nSPS) is 25.1. The fourth-order valence-corrected chi connectivity index (χ4v) is 3.10. The number of ether oxygens (including phenoxy) is 1. The Balaban J connectivity index is 1.63. The van der Waals surface area contributed by atoms with Gasteiger partial charge in [0.1, 0.15) is 5.75 Å². The highest BCUT2D eigenvalue weighted by molar-refractivity contribution is 5.94. The Bertz CT molecular complexity index is 510. The van der Waals surface area contributed by atoms with Crippen LogP contribution in [0, 0.1) is 11.8 Å². The third-order valence-corrected chi connectivity index (χ3v) is 4.79. The summed E-state index contributed by atoms with van der Waals surface area (Å²) >= 11 is 0. The number of hydrogen-bond acceptors (Lipinski definition) is 3. The van der Waals surface area contributed by atoms with Crippen LogP contribution < -0.4 is 10.5 Å². The lowest BCUT2D eigenvalue weighted by atomic mass is 9.92. The average Bonchev–Trinajstić information content (AvgIpc) is 3.37. The Hall–Kier alpha value is -1.55. The molecule has 1 saturated heterocycles. The number of rotatable bonds is 5.